The van der Waals surface area contributed by atoms with Gasteiger partial charge in [-0.25, -0.2) is 19.0 Å². The molecule has 2 fully saturated rings. The van der Waals surface area contributed by atoms with E-state index in [1.54, 1.807) is 6.07 Å². The summed E-state index contributed by atoms with van der Waals surface area (Å²) in [5.41, 5.74) is 1.82. The summed E-state index contributed by atoms with van der Waals surface area (Å²) in [4.78, 5) is 36.9. The van der Waals surface area contributed by atoms with Crippen LogP contribution in [0.2, 0.25) is 0 Å². The highest BCUT2D eigenvalue weighted by atomic mass is 19.1. The first-order valence-corrected chi connectivity index (χ1v) is 11.4. The zero-order valence-corrected chi connectivity index (χ0v) is 19.1. The van der Waals surface area contributed by atoms with Crippen molar-refractivity contribution in [2.75, 3.05) is 49.7 Å². The summed E-state index contributed by atoms with van der Waals surface area (Å²) >= 11 is 0. The fourth-order valence-electron chi connectivity index (χ4n) is 4.17. The number of carboxylic acid groups (broad SMARTS) is 1. The van der Waals surface area contributed by atoms with Crippen molar-refractivity contribution < 1.29 is 23.8 Å². The van der Waals surface area contributed by atoms with Crippen LogP contribution in [0.3, 0.4) is 0 Å². The fourth-order valence-corrected chi connectivity index (χ4v) is 4.17. The first kappa shape index (κ1) is 23.7. The van der Waals surface area contributed by atoms with Crippen molar-refractivity contribution in [3.05, 3.63) is 47.7 Å². The van der Waals surface area contributed by atoms with Gasteiger partial charge in [0.15, 0.2) is 0 Å². The van der Waals surface area contributed by atoms with Crippen LogP contribution in [0.25, 0.3) is 0 Å². The molecule has 2 amide bonds. The first-order valence-electron chi connectivity index (χ1n) is 11.4. The maximum absolute atomic E-state index is 13.9. The second kappa shape index (κ2) is 10.6. The number of hydrogen-bond donors (Lipinski definition) is 2. The molecule has 1 unspecified atom stereocenters. The highest BCUT2D eigenvalue weighted by Gasteiger charge is 2.34. The normalized spacial score (nSPS) is 19.7. The van der Waals surface area contributed by atoms with E-state index in [-0.39, 0.29) is 12.0 Å². The Morgan fingerprint density at radius 2 is 1.97 bits per heavy atom. The van der Waals surface area contributed by atoms with Gasteiger partial charge < -0.3 is 20.1 Å². The van der Waals surface area contributed by atoms with Gasteiger partial charge in [-0.1, -0.05) is 31.2 Å². The van der Waals surface area contributed by atoms with Crippen molar-refractivity contribution in [1.29, 1.82) is 0 Å². The number of piperazine rings is 1. The molecule has 1 aromatic heterocycles. The molecule has 2 N–H and O–H groups in total. The summed E-state index contributed by atoms with van der Waals surface area (Å²) in [6, 6.07) is 8.54. The van der Waals surface area contributed by atoms with E-state index in [2.05, 4.69) is 20.2 Å². The first-order chi connectivity index (χ1) is 16.5. The fraction of sp³-hybridized carbons (Fsp3) is 0.478. The minimum atomic E-state index is -0.881. The van der Waals surface area contributed by atoms with Gasteiger partial charge >= 0.3 is 12.2 Å². The van der Waals surface area contributed by atoms with E-state index in [9.17, 15) is 14.0 Å². The predicted molar refractivity (Wildman–Crippen MR) is 124 cm³/mol. The third kappa shape index (κ3) is 5.36. The second-order valence-corrected chi connectivity index (χ2v) is 8.39. The summed E-state index contributed by atoms with van der Waals surface area (Å²) < 4.78 is 19.1. The van der Waals surface area contributed by atoms with E-state index < -0.39 is 24.9 Å². The van der Waals surface area contributed by atoms with Crippen molar-refractivity contribution >= 4 is 24.0 Å². The average Bonchev–Trinajstić information content (AvgIpc) is 3.24. The number of carbonyl (C=O) groups excluding carboxylic acids is 1. The largest absolute Gasteiger partial charge is 0.465 e. The number of alkyl halides is 1. The lowest BCUT2D eigenvalue weighted by molar-refractivity contribution is 0.103. The third-order valence-electron chi connectivity index (χ3n) is 6.21. The van der Waals surface area contributed by atoms with Crippen molar-refractivity contribution in [3.8, 4) is 0 Å². The molecule has 11 heteroatoms. The molecule has 0 bridgehead atoms. The SMILES string of the molecule is CC[C@H]1COC(=O)N1c1ccnc(NC(CF)c2ccc(CN3CCN(C(=O)O)CC3)cc2)n1. The maximum Gasteiger partial charge on any atom is 0.415 e. The Labute approximate surface area is 197 Å². The standard InChI is InChI=1S/C23H29FN6O4/c1-2-18-15-34-23(33)30(18)20-7-8-25-21(27-20)26-19(13-24)17-5-3-16(4-6-17)14-28-9-11-29(12-10-28)22(31)32/h3-8,18-19H,2,9-15H2,1H3,(H,31,32)(H,25,26,27)/t18-,19?/m0/s1. The molecule has 0 radical (unpaired) electrons. The van der Waals surface area contributed by atoms with E-state index in [1.165, 1.54) is 16.0 Å². The molecule has 0 aliphatic carbocycles. The number of benzene rings is 1. The zero-order valence-electron chi connectivity index (χ0n) is 19.1. The molecule has 0 saturated carbocycles. The Bertz CT molecular complexity index is 999. The third-order valence-corrected chi connectivity index (χ3v) is 6.21. The molecule has 182 valence electrons. The van der Waals surface area contributed by atoms with Gasteiger partial charge in [0.05, 0.1) is 12.1 Å². The molecule has 2 aliphatic heterocycles. The quantitative estimate of drug-likeness (QED) is 0.603. The van der Waals surface area contributed by atoms with Gasteiger partial charge in [0.2, 0.25) is 5.95 Å². The monoisotopic (exact) mass is 472 g/mol. The van der Waals surface area contributed by atoms with E-state index in [0.717, 1.165) is 17.5 Å². The van der Waals surface area contributed by atoms with Gasteiger partial charge in [-0.05, 0) is 23.6 Å². The molecule has 1 aromatic carbocycles. The molecule has 3 heterocycles. The van der Waals surface area contributed by atoms with Crippen LogP contribution in [0.4, 0.5) is 25.7 Å². The van der Waals surface area contributed by atoms with Crippen LogP contribution < -0.4 is 10.2 Å². The Kier molecular flexibility index (Phi) is 7.41. The number of halogens is 1. The predicted octanol–water partition coefficient (Wildman–Crippen LogP) is 3.13. The molecular formula is C23H29FN6O4. The van der Waals surface area contributed by atoms with Crippen LogP contribution in [-0.2, 0) is 11.3 Å². The molecule has 2 aromatic rings. The number of nitrogens with zero attached hydrogens (tertiary/aromatic N) is 5. The Balaban J connectivity index is 1.38. The second-order valence-electron chi connectivity index (χ2n) is 8.39. The summed E-state index contributed by atoms with van der Waals surface area (Å²) in [5.74, 6) is 0.651. The van der Waals surface area contributed by atoms with Crippen LogP contribution in [-0.4, -0.2) is 82.6 Å². The Hall–Kier alpha value is -3.47. The van der Waals surface area contributed by atoms with Crippen LogP contribution in [0.15, 0.2) is 36.5 Å². The number of amides is 2. The lowest BCUT2D eigenvalue weighted by Gasteiger charge is -2.33. The number of anilines is 2. The Morgan fingerprint density at radius 1 is 1.24 bits per heavy atom. The number of cyclic esters (lactones) is 1. The molecule has 4 rings (SSSR count). The number of aromatic nitrogens is 2. The van der Waals surface area contributed by atoms with Crippen LogP contribution in [0, 0.1) is 0 Å². The number of hydrogen-bond acceptors (Lipinski definition) is 7. The van der Waals surface area contributed by atoms with Crippen LogP contribution in [0.1, 0.15) is 30.5 Å². The van der Waals surface area contributed by atoms with E-state index >= 15 is 0 Å². The van der Waals surface area contributed by atoms with Crippen molar-refractivity contribution in [1.82, 2.24) is 19.8 Å². The van der Waals surface area contributed by atoms with E-state index in [1.807, 2.05) is 31.2 Å². The smallest absolute Gasteiger partial charge is 0.415 e. The lowest BCUT2D eigenvalue weighted by Crippen LogP contribution is -2.47. The molecule has 34 heavy (non-hydrogen) atoms. The molecule has 2 atom stereocenters. The number of carbonyl (C=O) groups is 2. The molecule has 0 spiro atoms. The molecule has 2 aliphatic rings. The number of nitrogens with one attached hydrogen (secondary N) is 1. The van der Waals surface area contributed by atoms with Crippen molar-refractivity contribution in [2.24, 2.45) is 0 Å². The van der Waals surface area contributed by atoms with Gasteiger partial charge in [0.1, 0.15) is 19.1 Å². The summed E-state index contributed by atoms with van der Waals surface area (Å²) in [6.45, 7) is 4.68. The molecular weight excluding hydrogens is 443 g/mol. The van der Waals surface area contributed by atoms with Gasteiger partial charge in [-0.2, -0.15) is 4.98 Å². The van der Waals surface area contributed by atoms with Gasteiger partial charge in [0, 0.05) is 38.9 Å². The Morgan fingerprint density at radius 3 is 2.62 bits per heavy atom. The minimum absolute atomic E-state index is 0.0909. The highest BCUT2D eigenvalue weighted by molar-refractivity contribution is 5.89. The van der Waals surface area contributed by atoms with Crippen molar-refractivity contribution in [3.63, 3.8) is 0 Å². The van der Waals surface area contributed by atoms with Gasteiger partial charge in [-0.15, -0.1) is 0 Å². The van der Waals surface area contributed by atoms with Gasteiger partial charge in [0.25, 0.3) is 0 Å². The van der Waals surface area contributed by atoms with E-state index in [0.29, 0.717) is 45.1 Å². The summed E-state index contributed by atoms with van der Waals surface area (Å²) in [7, 11) is 0. The average molecular weight is 473 g/mol. The summed E-state index contributed by atoms with van der Waals surface area (Å²) in [5, 5.41) is 12.1. The molecule has 10 nitrogen and oxygen atoms in total. The molecule has 2 saturated heterocycles. The summed E-state index contributed by atoms with van der Waals surface area (Å²) in [6.07, 6.45) is 0.936. The maximum atomic E-state index is 13.9. The van der Waals surface area contributed by atoms with E-state index in [4.69, 9.17) is 9.84 Å². The topological polar surface area (TPSA) is 111 Å². The number of rotatable bonds is 8. The minimum Gasteiger partial charge on any atom is -0.465 e. The lowest BCUT2D eigenvalue weighted by atomic mass is 10.1. The van der Waals surface area contributed by atoms with Gasteiger partial charge in [-0.3, -0.25) is 9.80 Å². The van der Waals surface area contributed by atoms with Crippen LogP contribution in [0.5, 0.6) is 0 Å². The number of ether oxygens (including phenoxy) is 1. The van der Waals surface area contributed by atoms with Crippen LogP contribution >= 0.6 is 0 Å². The van der Waals surface area contributed by atoms with Crippen molar-refractivity contribution in [2.45, 2.75) is 32.0 Å². The highest BCUT2D eigenvalue weighted by Crippen LogP contribution is 2.25. The zero-order chi connectivity index (χ0) is 24.1.